The molecule has 8 nitrogen and oxygen atoms in total. The van der Waals surface area contributed by atoms with Gasteiger partial charge in [-0.3, -0.25) is 0 Å². The molecule has 0 radical (unpaired) electrons. The first kappa shape index (κ1) is 23.3. The van der Waals surface area contributed by atoms with E-state index in [4.69, 9.17) is 9.47 Å². The molecule has 1 saturated heterocycles. The number of hydrogen-bond donors (Lipinski definition) is 6. The van der Waals surface area contributed by atoms with Gasteiger partial charge in [-0.15, -0.1) is 0 Å². The summed E-state index contributed by atoms with van der Waals surface area (Å²) >= 11 is 0. The molecule has 2 saturated carbocycles. The summed E-state index contributed by atoms with van der Waals surface area (Å²) in [5.41, 5.74) is -1.62. The highest BCUT2D eigenvalue weighted by molar-refractivity contribution is 5.09. The third-order valence-electron chi connectivity index (χ3n) is 7.83. The van der Waals surface area contributed by atoms with Gasteiger partial charge < -0.3 is 40.1 Å². The van der Waals surface area contributed by atoms with Crippen molar-refractivity contribution in [1.82, 2.24) is 0 Å². The van der Waals surface area contributed by atoms with E-state index in [1.807, 2.05) is 6.92 Å². The van der Waals surface area contributed by atoms with Crippen LogP contribution >= 0.6 is 0 Å². The van der Waals surface area contributed by atoms with Crippen LogP contribution < -0.4 is 0 Å². The maximum absolute atomic E-state index is 11.3. The second-order valence-electron chi connectivity index (χ2n) is 10.1. The molecule has 0 aromatic rings. The lowest BCUT2D eigenvalue weighted by Gasteiger charge is -2.60. The molecule has 8 heteroatoms. The predicted molar refractivity (Wildman–Crippen MR) is 104 cm³/mol. The molecule has 2 aliphatic carbocycles. The Hall–Kier alpha value is -0.320. The van der Waals surface area contributed by atoms with Gasteiger partial charge in [0, 0.05) is 11.3 Å². The molecule has 6 N–H and O–H groups in total. The van der Waals surface area contributed by atoms with Gasteiger partial charge in [0.2, 0.25) is 0 Å². The zero-order valence-corrected chi connectivity index (χ0v) is 17.8. The van der Waals surface area contributed by atoms with Crippen LogP contribution in [0.5, 0.6) is 0 Å². The van der Waals surface area contributed by atoms with Gasteiger partial charge in [-0.25, -0.2) is 0 Å². The zero-order chi connectivity index (χ0) is 21.7. The van der Waals surface area contributed by atoms with Gasteiger partial charge in [-0.05, 0) is 44.4 Å². The minimum absolute atomic E-state index is 0.0530. The summed E-state index contributed by atoms with van der Waals surface area (Å²) < 4.78 is 11.9. The zero-order valence-electron chi connectivity index (χ0n) is 17.8. The van der Waals surface area contributed by atoms with Crippen molar-refractivity contribution in [3.63, 3.8) is 0 Å². The van der Waals surface area contributed by atoms with Gasteiger partial charge in [0.15, 0.2) is 6.29 Å². The SMILES string of the molecule is CC(C)[C@@H]1CC[C@]2(C)[C@H](O)CC[C@](C)(O)[C@@H]2C1O[C@H]1O[C@@H](CO)[C@H](O)[C@@H](O)[C@@H]1O. The van der Waals surface area contributed by atoms with Crippen LogP contribution in [-0.4, -0.2) is 85.8 Å². The van der Waals surface area contributed by atoms with Crippen molar-refractivity contribution in [2.75, 3.05) is 6.61 Å². The number of aliphatic hydroxyl groups excluding tert-OH is 5. The highest BCUT2D eigenvalue weighted by Gasteiger charge is 2.61. The monoisotopic (exact) mass is 418 g/mol. The Morgan fingerprint density at radius 2 is 1.66 bits per heavy atom. The number of aliphatic hydroxyl groups is 6. The van der Waals surface area contributed by atoms with Gasteiger partial charge in [-0.1, -0.05) is 20.8 Å². The first-order valence-corrected chi connectivity index (χ1v) is 10.8. The summed E-state index contributed by atoms with van der Waals surface area (Å²) in [4.78, 5) is 0. The van der Waals surface area contributed by atoms with Crippen LogP contribution in [0.15, 0.2) is 0 Å². The Morgan fingerprint density at radius 1 is 1.00 bits per heavy atom. The van der Waals surface area contributed by atoms with E-state index in [2.05, 4.69) is 13.8 Å². The van der Waals surface area contributed by atoms with E-state index in [9.17, 15) is 30.6 Å². The average molecular weight is 419 g/mol. The molecule has 29 heavy (non-hydrogen) atoms. The van der Waals surface area contributed by atoms with Crippen LogP contribution in [0.3, 0.4) is 0 Å². The van der Waals surface area contributed by atoms with E-state index >= 15 is 0 Å². The summed E-state index contributed by atoms with van der Waals surface area (Å²) in [6.45, 7) is 7.38. The van der Waals surface area contributed by atoms with Crippen molar-refractivity contribution in [2.45, 2.75) is 102 Å². The first-order valence-electron chi connectivity index (χ1n) is 10.8. The molecule has 11 atom stereocenters. The van der Waals surface area contributed by atoms with E-state index < -0.39 is 66.5 Å². The van der Waals surface area contributed by atoms with E-state index in [1.54, 1.807) is 6.92 Å². The normalized spacial score (nSPS) is 53.7. The maximum Gasteiger partial charge on any atom is 0.186 e. The Morgan fingerprint density at radius 3 is 2.24 bits per heavy atom. The molecule has 0 aromatic carbocycles. The molecule has 170 valence electrons. The lowest BCUT2D eigenvalue weighted by Crippen LogP contribution is -2.66. The quantitative estimate of drug-likeness (QED) is 0.368. The van der Waals surface area contributed by atoms with Gasteiger partial charge in [0.1, 0.15) is 24.4 Å². The molecular formula is C21H38O8. The second-order valence-corrected chi connectivity index (χ2v) is 10.1. The highest BCUT2D eigenvalue weighted by atomic mass is 16.7. The third-order valence-corrected chi connectivity index (χ3v) is 7.83. The van der Waals surface area contributed by atoms with E-state index in [1.165, 1.54) is 0 Å². The fourth-order valence-corrected chi connectivity index (χ4v) is 6.00. The number of fused-ring (bicyclic) bond motifs is 1. The van der Waals surface area contributed by atoms with Crippen molar-refractivity contribution < 1.29 is 40.1 Å². The Bertz CT molecular complexity index is 567. The van der Waals surface area contributed by atoms with Crippen molar-refractivity contribution in [3.05, 3.63) is 0 Å². The molecule has 1 aliphatic heterocycles. The highest BCUT2D eigenvalue weighted by Crippen LogP contribution is 2.57. The smallest absolute Gasteiger partial charge is 0.186 e. The molecule has 3 aliphatic rings. The lowest BCUT2D eigenvalue weighted by atomic mass is 9.50. The molecule has 3 fully saturated rings. The fraction of sp³-hybridized carbons (Fsp3) is 1.00. The van der Waals surface area contributed by atoms with Crippen molar-refractivity contribution >= 4 is 0 Å². The van der Waals surface area contributed by atoms with Gasteiger partial charge in [-0.2, -0.15) is 0 Å². The lowest BCUT2D eigenvalue weighted by molar-refractivity contribution is -0.338. The molecule has 0 amide bonds. The number of hydrogen-bond acceptors (Lipinski definition) is 8. The van der Waals surface area contributed by atoms with Crippen LogP contribution in [0.1, 0.15) is 53.4 Å². The van der Waals surface area contributed by atoms with Crippen LogP contribution in [0.25, 0.3) is 0 Å². The van der Waals surface area contributed by atoms with E-state index in [0.717, 1.165) is 12.8 Å². The van der Waals surface area contributed by atoms with Crippen molar-refractivity contribution in [2.24, 2.45) is 23.2 Å². The van der Waals surface area contributed by atoms with Crippen molar-refractivity contribution in [1.29, 1.82) is 0 Å². The maximum atomic E-state index is 11.3. The minimum Gasteiger partial charge on any atom is -0.394 e. The summed E-state index contributed by atoms with van der Waals surface area (Å²) in [6, 6.07) is 0. The van der Waals surface area contributed by atoms with Crippen LogP contribution in [0, 0.1) is 23.2 Å². The molecule has 0 bridgehead atoms. The summed E-state index contributed by atoms with van der Waals surface area (Å²) in [6.07, 6.45) is -5.37. The van der Waals surface area contributed by atoms with Crippen molar-refractivity contribution in [3.8, 4) is 0 Å². The predicted octanol–water partition coefficient (Wildman–Crippen LogP) is -0.234. The Labute approximate surface area is 172 Å². The summed E-state index contributed by atoms with van der Waals surface area (Å²) in [7, 11) is 0. The fourth-order valence-electron chi connectivity index (χ4n) is 6.00. The standard InChI is InChI=1S/C21H38O8/c1-10(2)11-5-7-20(3)13(23)6-8-21(4,27)18(20)17(11)29-19-16(26)15(25)14(24)12(9-22)28-19/h10-19,22-27H,5-9H2,1-4H3/t11-,12-,13+,14-,15+,16-,17?,18+,19+,20+,21-/m0/s1. The van der Waals surface area contributed by atoms with Gasteiger partial charge in [0.25, 0.3) is 0 Å². The van der Waals surface area contributed by atoms with E-state index in [-0.39, 0.29) is 11.8 Å². The van der Waals surface area contributed by atoms with Crippen LogP contribution in [0.4, 0.5) is 0 Å². The average Bonchev–Trinajstić information content (AvgIpc) is 2.65. The summed E-state index contributed by atoms with van der Waals surface area (Å²) in [5, 5.41) is 62.2. The molecule has 1 heterocycles. The van der Waals surface area contributed by atoms with E-state index in [0.29, 0.717) is 12.8 Å². The largest absolute Gasteiger partial charge is 0.394 e. The Balaban J connectivity index is 1.94. The molecular weight excluding hydrogens is 380 g/mol. The van der Waals surface area contributed by atoms with Gasteiger partial charge >= 0.3 is 0 Å². The topological polar surface area (TPSA) is 140 Å². The molecule has 1 unspecified atom stereocenters. The van der Waals surface area contributed by atoms with Gasteiger partial charge in [0.05, 0.1) is 24.4 Å². The summed E-state index contributed by atoms with van der Waals surface area (Å²) in [5.74, 6) is -0.117. The van der Waals surface area contributed by atoms with Crippen LogP contribution in [-0.2, 0) is 9.47 Å². The number of rotatable bonds is 4. The second kappa shape index (κ2) is 8.31. The third kappa shape index (κ3) is 3.99. The Kier molecular flexibility index (Phi) is 6.69. The molecule has 0 aromatic heterocycles. The first-order chi connectivity index (χ1) is 13.4. The molecule has 3 rings (SSSR count). The number of ether oxygens (including phenoxy) is 2. The van der Waals surface area contributed by atoms with Crippen LogP contribution in [0.2, 0.25) is 0 Å². The molecule has 0 spiro atoms. The minimum atomic E-state index is -1.52.